The van der Waals surface area contributed by atoms with E-state index in [1.165, 1.54) is 12.8 Å². The Bertz CT molecular complexity index is 634. The minimum Gasteiger partial charge on any atom is -0.385 e. The van der Waals surface area contributed by atoms with Gasteiger partial charge in [0.05, 0.1) is 0 Å². The number of halogens is 1. The van der Waals surface area contributed by atoms with Gasteiger partial charge >= 0.3 is 0 Å². The Balaban J connectivity index is 1.94. The average Bonchev–Trinajstić information content (AvgIpc) is 3.16. The van der Waals surface area contributed by atoms with Crippen molar-refractivity contribution in [1.82, 2.24) is 14.5 Å². The van der Waals surface area contributed by atoms with Crippen molar-refractivity contribution in [2.75, 3.05) is 19.6 Å². The van der Waals surface area contributed by atoms with E-state index in [2.05, 4.69) is 15.6 Å². The number of aromatic nitrogens is 3. The Kier molecular flexibility index (Phi) is 4.18. The SMILES string of the molecule is COCCC1(Cn2c(CCCl)nc3cc(C)cnc32)CC1. The summed E-state index contributed by atoms with van der Waals surface area (Å²) >= 11 is 5.94. The summed E-state index contributed by atoms with van der Waals surface area (Å²) in [6.07, 6.45) is 6.34. The molecule has 0 aromatic carbocycles. The molecule has 1 aliphatic carbocycles. The van der Waals surface area contributed by atoms with Gasteiger partial charge in [0.2, 0.25) is 0 Å². The first-order valence-electron chi connectivity index (χ1n) is 7.54. The minimum atomic E-state index is 0.372. The van der Waals surface area contributed by atoms with Crippen molar-refractivity contribution in [2.45, 2.75) is 39.2 Å². The molecular weight excluding hydrogens is 286 g/mol. The van der Waals surface area contributed by atoms with Crippen LogP contribution in [0.5, 0.6) is 0 Å². The number of alkyl halides is 1. The van der Waals surface area contributed by atoms with Crippen molar-refractivity contribution < 1.29 is 4.74 Å². The van der Waals surface area contributed by atoms with Gasteiger partial charge in [-0.3, -0.25) is 0 Å². The number of hydrogen-bond acceptors (Lipinski definition) is 3. The lowest BCUT2D eigenvalue weighted by Crippen LogP contribution is -2.16. The van der Waals surface area contributed by atoms with Crippen LogP contribution in [0.25, 0.3) is 11.2 Å². The zero-order valence-electron chi connectivity index (χ0n) is 12.7. The third-order valence-corrected chi connectivity index (χ3v) is 4.59. The molecule has 0 unspecified atom stereocenters. The summed E-state index contributed by atoms with van der Waals surface area (Å²) in [5.74, 6) is 1.65. The van der Waals surface area contributed by atoms with E-state index in [0.717, 1.165) is 48.5 Å². The monoisotopic (exact) mass is 307 g/mol. The van der Waals surface area contributed by atoms with Crippen molar-refractivity contribution in [1.29, 1.82) is 0 Å². The Morgan fingerprint density at radius 3 is 2.90 bits per heavy atom. The van der Waals surface area contributed by atoms with Crippen LogP contribution < -0.4 is 0 Å². The number of hydrogen-bond donors (Lipinski definition) is 0. The average molecular weight is 308 g/mol. The van der Waals surface area contributed by atoms with Crippen molar-refractivity contribution in [2.24, 2.45) is 5.41 Å². The highest BCUT2D eigenvalue weighted by molar-refractivity contribution is 6.17. The van der Waals surface area contributed by atoms with Crippen LogP contribution in [0.1, 0.15) is 30.7 Å². The van der Waals surface area contributed by atoms with Crippen molar-refractivity contribution >= 4 is 22.8 Å². The molecule has 0 spiro atoms. The summed E-state index contributed by atoms with van der Waals surface area (Å²) in [7, 11) is 1.77. The quantitative estimate of drug-likeness (QED) is 0.737. The van der Waals surface area contributed by atoms with Crippen LogP contribution >= 0.6 is 11.6 Å². The molecule has 1 saturated carbocycles. The number of aryl methyl sites for hydroxylation is 2. The fourth-order valence-corrected chi connectivity index (χ4v) is 3.09. The minimum absolute atomic E-state index is 0.372. The molecule has 0 aliphatic heterocycles. The molecule has 0 saturated heterocycles. The van der Waals surface area contributed by atoms with E-state index >= 15 is 0 Å². The molecule has 0 bridgehead atoms. The maximum atomic E-state index is 5.94. The molecule has 2 aromatic heterocycles. The Morgan fingerprint density at radius 1 is 1.43 bits per heavy atom. The van der Waals surface area contributed by atoms with E-state index in [-0.39, 0.29) is 0 Å². The smallest absolute Gasteiger partial charge is 0.160 e. The molecule has 5 heteroatoms. The van der Waals surface area contributed by atoms with Gasteiger partial charge in [0.1, 0.15) is 11.3 Å². The zero-order valence-corrected chi connectivity index (χ0v) is 13.5. The van der Waals surface area contributed by atoms with Gasteiger partial charge < -0.3 is 9.30 Å². The van der Waals surface area contributed by atoms with Crippen LogP contribution in [-0.4, -0.2) is 34.1 Å². The van der Waals surface area contributed by atoms with E-state index in [4.69, 9.17) is 21.3 Å². The van der Waals surface area contributed by atoms with Crippen molar-refractivity contribution in [3.8, 4) is 0 Å². The first-order valence-corrected chi connectivity index (χ1v) is 8.07. The van der Waals surface area contributed by atoms with E-state index < -0.39 is 0 Å². The number of nitrogens with zero attached hydrogens (tertiary/aromatic N) is 3. The zero-order chi connectivity index (χ0) is 14.9. The highest BCUT2D eigenvalue weighted by atomic mass is 35.5. The summed E-state index contributed by atoms with van der Waals surface area (Å²) in [6, 6.07) is 2.10. The highest BCUT2D eigenvalue weighted by Gasteiger charge is 2.43. The predicted molar refractivity (Wildman–Crippen MR) is 84.8 cm³/mol. The lowest BCUT2D eigenvalue weighted by Gasteiger charge is -2.17. The first-order chi connectivity index (χ1) is 10.2. The maximum absolute atomic E-state index is 5.94. The Hall–Kier alpha value is -1.13. The van der Waals surface area contributed by atoms with Crippen LogP contribution in [0.2, 0.25) is 0 Å². The van der Waals surface area contributed by atoms with Gasteiger partial charge in [0.15, 0.2) is 5.65 Å². The molecular formula is C16H22ClN3O. The van der Waals surface area contributed by atoms with Gasteiger partial charge in [-0.25, -0.2) is 9.97 Å². The molecule has 21 heavy (non-hydrogen) atoms. The van der Waals surface area contributed by atoms with Gasteiger partial charge in [0, 0.05) is 38.8 Å². The molecule has 0 amide bonds. The number of methoxy groups -OCH3 is 1. The highest BCUT2D eigenvalue weighted by Crippen LogP contribution is 2.50. The van der Waals surface area contributed by atoms with Gasteiger partial charge in [-0.2, -0.15) is 0 Å². The third-order valence-electron chi connectivity index (χ3n) is 4.41. The molecule has 1 fully saturated rings. The van der Waals surface area contributed by atoms with Crippen LogP contribution in [0.3, 0.4) is 0 Å². The lowest BCUT2D eigenvalue weighted by molar-refractivity contribution is 0.167. The topological polar surface area (TPSA) is 39.9 Å². The molecule has 1 aliphatic rings. The maximum Gasteiger partial charge on any atom is 0.160 e. The van der Waals surface area contributed by atoms with E-state index in [1.54, 1.807) is 7.11 Å². The molecule has 3 rings (SSSR count). The normalized spacial score (nSPS) is 16.5. The summed E-state index contributed by atoms with van der Waals surface area (Å²) in [4.78, 5) is 9.34. The summed E-state index contributed by atoms with van der Waals surface area (Å²) < 4.78 is 7.53. The standard InChI is InChI=1S/C16H22ClN3O/c1-12-9-13-15(18-10-12)20(14(19-13)3-7-17)11-16(4-5-16)6-8-21-2/h9-10H,3-8,11H2,1-2H3. The summed E-state index contributed by atoms with van der Waals surface area (Å²) in [5, 5.41) is 0. The molecule has 4 nitrogen and oxygen atoms in total. The largest absolute Gasteiger partial charge is 0.385 e. The second-order valence-electron chi connectivity index (χ2n) is 6.15. The van der Waals surface area contributed by atoms with Crippen LogP contribution in [0.15, 0.2) is 12.3 Å². The van der Waals surface area contributed by atoms with E-state index in [9.17, 15) is 0 Å². The first kappa shape index (κ1) is 14.8. The fourth-order valence-electron chi connectivity index (χ4n) is 2.92. The molecule has 0 N–H and O–H groups in total. The third kappa shape index (κ3) is 3.06. The van der Waals surface area contributed by atoms with Crippen molar-refractivity contribution in [3.63, 3.8) is 0 Å². The number of ether oxygens (including phenoxy) is 1. The molecule has 0 atom stereocenters. The predicted octanol–water partition coefficient (Wildman–Crippen LogP) is 3.34. The van der Waals surface area contributed by atoms with Crippen molar-refractivity contribution in [3.05, 3.63) is 23.7 Å². The Morgan fingerprint density at radius 2 is 2.24 bits per heavy atom. The van der Waals surface area contributed by atoms with Crippen LogP contribution in [0.4, 0.5) is 0 Å². The summed E-state index contributed by atoms with van der Waals surface area (Å²) in [5.41, 5.74) is 3.49. The molecule has 114 valence electrons. The Labute approximate surface area is 130 Å². The summed E-state index contributed by atoms with van der Waals surface area (Å²) in [6.45, 7) is 3.85. The second-order valence-corrected chi connectivity index (χ2v) is 6.53. The van der Waals surface area contributed by atoms with Crippen LogP contribution in [0, 0.1) is 12.3 Å². The van der Waals surface area contributed by atoms with Gasteiger partial charge in [-0.1, -0.05) is 0 Å². The molecule has 0 radical (unpaired) electrons. The number of rotatable bonds is 7. The van der Waals surface area contributed by atoms with Gasteiger partial charge in [-0.15, -0.1) is 11.6 Å². The second kappa shape index (κ2) is 5.93. The lowest BCUT2D eigenvalue weighted by atomic mass is 10.0. The number of pyridine rings is 1. The van der Waals surface area contributed by atoms with Gasteiger partial charge in [0.25, 0.3) is 0 Å². The van der Waals surface area contributed by atoms with E-state index in [0.29, 0.717) is 11.3 Å². The molecule has 2 heterocycles. The molecule has 2 aromatic rings. The fraction of sp³-hybridized carbons (Fsp3) is 0.625. The van der Waals surface area contributed by atoms with Crippen LogP contribution in [-0.2, 0) is 17.7 Å². The number of imidazole rings is 1. The number of fused-ring (bicyclic) bond motifs is 1. The van der Waals surface area contributed by atoms with E-state index in [1.807, 2.05) is 13.1 Å². The van der Waals surface area contributed by atoms with Gasteiger partial charge in [-0.05, 0) is 43.2 Å².